The summed E-state index contributed by atoms with van der Waals surface area (Å²) in [6.07, 6.45) is 0. The summed E-state index contributed by atoms with van der Waals surface area (Å²) in [4.78, 5) is 12.6. The van der Waals surface area contributed by atoms with Crippen LogP contribution in [0.1, 0.15) is 35.3 Å². The van der Waals surface area contributed by atoms with Crippen LogP contribution in [0.15, 0.2) is 47.4 Å². The van der Waals surface area contributed by atoms with Crippen molar-refractivity contribution in [2.75, 3.05) is 12.4 Å². The molecule has 140 valence electrons. The van der Waals surface area contributed by atoms with Gasteiger partial charge in [-0.2, -0.15) is 4.31 Å². The minimum absolute atomic E-state index is 0.146. The van der Waals surface area contributed by atoms with Gasteiger partial charge in [0.15, 0.2) is 0 Å². The van der Waals surface area contributed by atoms with Gasteiger partial charge >= 0.3 is 0 Å². The van der Waals surface area contributed by atoms with Crippen LogP contribution >= 0.6 is 0 Å². The first-order valence-corrected chi connectivity index (χ1v) is 9.80. The van der Waals surface area contributed by atoms with Crippen LogP contribution in [0.5, 0.6) is 0 Å². The van der Waals surface area contributed by atoms with Gasteiger partial charge in [-0.25, -0.2) is 8.42 Å². The lowest BCUT2D eigenvalue weighted by atomic mass is 10.1. The van der Waals surface area contributed by atoms with E-state index in [1.54, 1.807) is 50.2 Å². The Morgan fingerprint density at radius 2 is 1.77 bits per heavy atom. The van der Waals surface area contributed by atoms with E-state index in [-0.39, 0.29) is 16.8 Å². The van der Waals surface area contributed by atoms with E-state index < -0.39 is 10.0 Å². The lowest BCUT2D eigenvalue weighted by Crippen LogP contribution is -2.33. The summed E-state index contributed by atoms with van der Waals surface area (Å²) in [5.74, 6) is -0.302. The van der Waals surface area contributed by atoms with Crippen LogP contribution in [0.25, 0.3) is 0 Å². The van der Waals surface area contributed by atoms with Crippen molar-refractivity contribution < 1.29 is 13.2 Å². The van der Waals surface area contributed by atoms with Crippen LogP contribution in [-0.4, -0.2) is 31.7 Å². The fraction of sp³-hybridized carbons (Fsp3) is 0.316. The maximum atomic E-state index is 12.7. The van der Waals surface area contributed by atoms with Crippen molar-refractivity contribution in [2.45, 2.75) is 38.3 Å². The molecular weight excluding hydrogens is 350 g/mol. The number of carbonyl (C=O) groups is 1. The van der Waals surface area contributed by atoms with Gasteiger partial charge in [0.25, 0.3) is 5.91 Å². The van der Waals surface area contributed by atoms with Crippen LogP contribution in [0.4, 0.5) is 5.69 Å². The molecule has 0 aliphatic rings. The molecule has 0 fully saturated rings. The second-order valence-corrected chi connectivity index (χ2v) is 8.44. The molecular formula is C19H25N3O3S. The number of carbonyl (C=O) groups excluding carboxylic acids is 1. The van der Waals surface area contributed by atoms with Gasteiger partial charge in [-0.1, -0.05) is 18.2 Å². The molecule has 0 heterocycles. The Morgan fingerprint density at radius 3 is 2.31 bits per heavy atom. The van der Waals surface area contributed by atoms with E-state index in [0.717, 1.165) is 11.1 Å². The van der Waals surface area contributed by atoms with Crippen molar-refractivity contribution in [1.82, 2.24) is 4.31 Å². The fourth-order valence-electron chi connectivity index (χ4n) is 2.33. The molecule has 26 heavy (non-hydrogen) atoms. The smallest absolute Gasteiger partial charge is 0.255 e. The van der Waals surface area contributed by atoms with E-state index in [1.165, 1.54) is 17.4 Å². The molecule has 0 aromatic heterocycles. The van der Waals surface area contributed by atoms with E-state index in [1.807, 2.05) is 6.92 Å². The molecule has 0 radical (unpaired) electrons. The zero-order chi connectivity index (χ0) is 19.5. The summed E-state index contributed by atoms with van der Waals surface area (Å²) in [7, 11) is -2.08. The van der Waals surface area contributed by atoms with Crippen molar-refractivity contribution in [3.8, 4) is 0 Å². The lowest BCUT2D eigenvalue weighted by molar-refractivity contribution is 0.102. The van der Waals surface area contributed by atoms with Crippen molar-refractivity contribution in [3.63, 3.8) is 0 Å². The summed E-state index contributed by atoms with van der Waals surface area (Å²) in [5.41, 5.74) is 8.22. The molecule has 2 rings (SSSR count). The van der Waals surface area contributed by atoms with E-state index in [9.17, 15) is 13.2 Å². The van der Waals surface area contributed by atoms with Crippen molar-refractivity contribution in [3.05, 3.63) is 59.2 Å². The minimum atomic E-state index is -3.62. The predicted molar refractivity (Wildman–Crippen MR) is 104 cm³/mol. The highest BCUT2D eigenvalue weighted by Crippen LogP contribution is 2.24. The number of nitrogens with one attached hydrogen (secondary N) is 1. The van der Waals surface area contributed by atoms with Crippen LogP contribution in [0, 0.1) is 6.92 Å². The van der Waals surface area contributed by atoms with Gasteiger partial charge in [0.2, 0.25) is 10.0 Å². The first-order valence-electron chi connectivity index (χ1n) is 8.36. The van der Waals surface area contributed by atoms with Crippen LogP contribution in [0.3, 0.4) is 0 Å². The number of aryl methyl sites for hydroxylation is 1. The molecule has 2 aromatic rings. The van der Waals surface area contributed by atoms with Crippen LogP contribution in [-0.2, 0) is 16.6 Å². The standard InChI is InChI=1S/C19H25N3O3S/c1-13(2)22(4)26(24,25)17-10-5-14(3)18(11-17)21-19(23)16-8-6-15(12-20)7-9-16/h5-11,13H,12,20H2,1-4H3,(H,21,23). The molecule has 3 N–H and O–H groups in total. The van der Waals surface area contributed by atoms with Crippen molar-refractivity contribution >= 4 is 21.6 Å². The van der Waals surface area contributed by atoms with E-state index in [2.05, 4.69) is 5.32 Å². The number of hydrogen-bond donors (Lipinski definition) is 2. The molecule has 7 heteroatoms. The van der Waals surface area contributed by atoms with Gasteiger partial charge in [0, 0.05) is 30.9 Å². The topological polar surface area (TPSA) is 92.5 Å². The molecule has 0 saturated heterocycles. The highest BCUT2D eigenvalue weighted by Gasteiger charge is 2.24. The third-order valence-electron chi connectivity index (χ3n) is 4.31. The highest BCUT2D eigenvalue weighted by atomic mass is 32.2. The summed E-state index contributed by atoms with van der Waals surface area (Å²) >= 11 is 0. The number of sulfonamides is 1. The number of anilines is 1. The molecule has 0 spiro atoms. The van der Waals surface area contributed by atoms with Gasteiger partial charge in [-0.15, -0.1) is 0 Å². The van der Waals surface area contributed by atoms with Gasteiger partial charge in [-0.05, 0) is 56.2 Å². The fourth-order valence-corrected chi connectivity index (χ4v) is 3.72. The minimum Gasteiger partial charge on any atom is -0.326 e. The van der Waals surface area contributed by atoms with Crippen LogP contribution < -0.4 is 11.1 Å². The average molecular weight is 375 g/mol. The SMILES string of the molecule is Cc1ccc(S(=O)(=O)N(C)C(C)C)cc1NC(=O)c1ccc(CN)cc1. The number of rotatable bonds is 6. The van der Waals surface area contributed by atoms with Crippen LogP contribution in [0.2, 0.25) is 0 Å². The highest BCUT2D eigenvalue weighted by molar-refractivity contribution is 7.89. The number of benzene rings is 2. The molecule has 1 amide bonds. The quantitative estimate of drug-likeness (QED) is 0.812. The van der Waals surface area contributed by atoms with Crippen molar-refractivity contribution in [2.24, 2.45) is 5.73 Å². The number of nitrogens with two attached hydrogens (primary N) is 1. The van der Waals surface area contributed by atoms with Gasteiger partial charge < -0.3 is 11.1 Å². The predicted octanol–water partition coefficient (Wildman–Crippen LogP) is 2.73. The summed E-state index contributed by atoms with van der Waals surface area (Å²) in [5, 5.41) is 2.79. The Labute approximate surface area is 155 Å². The second kappa shape index (κ2) is 7.99. The molecule has 0 bridgehead atoms. The zero-order valence-corrected chi connectivity index (χ0v) is 16.3. The Bertz CT molecular complexity index is 891. The Kier molecular flexibility index (Phi) is 6.17. The van der Waals surface area contributed by atoms with E-state index in [4.69, 9.17) is 5.73 Å². The molecule has 0 saturated carbocycles. The van der Waals surface area contributed by atoms with E-state index >= 15 is 0 Å². The Balaban J connectivity index is 2.31. The molecule has 2 aromatic carbocycles. The maximum Gasteiger partial charge on any atom is 0.255 e. The average Bonchev–Trinajstić information content (AvgIpc) is 2.62. The summed E-state index contributed by atoms with van der Waals surface area (Å²) < 4.78 is 26.6. The Morgan fingerprint density at radius 1 is 1.15 bits per heavy atom. The third kappa shape index (κ3) is 4.30. The Hall–Kier alpha value is -2.22. The number of nitrogens with zero attached hydrogens (tertiary/aromatic N) is 1. The largest absolute Gasteiger partial charge is 0.326 e. The van der Waals surface area contributed by atoms with Gasteiger partial charge in [-0.3, -0.25) is 4.79 Å². The second-order valence-electron chi connectivity index (χ2n) is 6.45. The molecule has 6 nitrogen and oxygen atoms in total. The molecule has 0 atom stereocenters. The number of hydrogen-bond acceptors (Lipinski definition) is 4. The van der Waals surface area contributed by atoms with Gasteiger partial charge in [0.1, 0.15) is 0 Å². The zero-order valence-electron chi connectivity index (χ0n) is 15.5. The van der Waals surface area contributed by atoms with Gasteiger partial charge in [0.05, 0.1) is 4.90 Å². The van der Waals surface area contributed by atoms with E-state index in [0.29, 0.717) is 17.8 Å². The summed E-state index contributed by atoms with van der Waals surface area (Å²) in [6, 6.07) is 11.5. The molecule has 0 aliphatic carbocycles. The molecule has 0 unspecified atom stereocenters. The first-order chi connectivity index (χ1) is 12.2. The summed E-state index contributed by atoms with van der Waals surface area (Å²) in [6.45, 7) is 5.83. The first kappa shape index (κ1) is 20.1. The normalized spacial score (nSPS) is 11.8. The maximum absolute atomic E-state index is 12.7. The van der Waals surface area contributed by atoms with Crippen molar-refractivity contribution in [1.29, 1.82) is 0 Å². The lowest BCUT2D eigenvalue weighted by Gasteiger charge is -2.21. The third-order valence-corrected chi connectivity index (χ3v) is 6.34. The monoisotopic (exact) mass is 375 g/mol. The number of amides is 1. The molecule has 0 aliphatic heterocycles.